The van der Waals surface area contributed by atoms with Crippen molar-refractivity contribution in [1.82, 2.24) is 5.32 Å². The van der Waals surface area contributed by atoms with Crippen molar-refractivity contribution in [3.63, 3.8) is 0 Å². The van der Waals surface area contributed by atoms with Crippen LogP contribution in [-0.4, -0.2) is 41.0 Å². The van der Waals surface area contributed by atoms with E-state index in [4.69, 9.17) is 23.7 Å². The third kappa shape index (κ3) is 4.72. The lowest BCUT2D eigenvalue weighted by atomic mass is 10.2. The van der Waals surface area contributed by atoms with Gasteiger partial charge in [-0.25, -0.2) is 0 Å². The van der Waals surface area contributed by atoms with Gasteiger partial charge in [0, 0.05) is 6.54 Å². The zero-order valence-electron chi connectivity index (χ0n) is 15.3. The van der Waals surface area contributed by atoms with Crippen LogP contribution in [0.4, 0.5) is 0 Å². The van der Waals surface area contributed by atoms with E-state index in [0.29, 0.717) is 35.3 Å². The highest BCUT2D eigenvalue weighted by Crippen LogP contribution is 2.36. The summed E-state index contributed by atoms with van der Waals surface area (Å²) in [6.45, 7) is 0.203. The molecule has 0 unspecified atom stereocenters. The molecule has 2 aromatic rings. The first kappa shape index (κ1) is 19.2. The highest BCUT2D eigenvalue weighted by Gasteiger charge is 2.12. The van der Waals surface area contributed by atoms with E-state index in [2.05, 4.69) is 5.32 Å². The molecule has 0 saturated heterocycles. The summed E-state index contributed by atoms with van der Waals surface area (Å²) in [6, 6.07) is 10.7. The molecule has 0 aliphatic carbocycles. The van der Waals surface area contributed by atoms with Crippen LogP contribution >= 0.6 is 0 Å². The maximum Gasteiger partial charge on any atom is 0.258 e. The van der Waals surface area contributed by atoms with E-state index in [-0.39, 0.29) is 12.5 Å². The summed E-state index contributed by atoms with van der Waals surface area (Å²) in [5.74, 6) is 2.41. The molecule has 0 aliphatic rings. The first-order chi connectivity index (χ1) is 12.6. The Balaban J connectivity index is 1.92. The summed E-state index contributed by atoms with van der Waals surface area (Å²) in [6.07, 6.45) is 0. The molecule has 0 radical (unpaired) electrons. The van der Waals surface area contributed by atoms with Gasteiger partial charge in [-0.1, -0.05) is 12.1 Å². The molecule has 0 heterocycles. The van der Waals surface area contributed by atoms with Crippen LogP contribution in [-0.2, 0) is 11.3 Å². The summed E-state index contributed by atoms with van der Waals surface area (Å²) in [5.41, 5.74) is 0.884. The maximum atomic E-state index is 12.1. The van der Waals surface area contributed by atoms with Crippen molar-refractivity contribution in [3.8, 4) is 28.7 Å². The summed E-state index contributed by atoms with van der Waals surface area (Å²) >= 11 is 0. The van der Waals surface area contributed by atoms with Gasteiger partial charge >= 0.3 is 0 Å². The van der Waals surface area contributed by atoms with E-state index in [1.165, 1.54) is 14.2 Å². The van der Waals surface area contributed by atoms with Crippen molar-refractivity contribution in [2.24, 2.45) is 0 Å². The van der Waals surface area contributed by atoms with E-state index >= 15 is 0 Å². The first-order valence-electron chi connectivity index (χ1n) is 7.94. The SMILES string of the molecule is COc1ccc(CNC(=O)COc2cccc(OC)c2OC)cc1OC. The standard InChI is InChI=1S/C19H23NO6/c1-22-14-9-8-13(10-17(14)24-3)11-20-18(21)12-26-16-7-5-6-15(23-2)19(16)25-4/h5-10H,11-12H2,1-4H3,(H,20,21). The third-order valence-electron chi connectivity index (χ3n) is 3.66. The Morgan fingerprint density at radius 3 is 2.19 bits per heavy atom. The molecule has 7 heteroatoms. The number of rotatable bonds is 9. The number of amides is 1. The number of nitrogens with one attached hydrogen (secondary N) is 1. The number of hydrogen-bond donors (Lipinski definition) is 1. The normalized spacial score (nSPS) is 10.0. The van der Waals surface area contributed by atoms with Gasteiger partial charge in [0.05, 0.1) is 28.4 Å². The second-order valence-corrected chi connectivity index (χ2v) is 5.25. The summed E-state index contributed by atoms with van der Waals surface area (Å²) in [5, 5.41) is 2.79. The molecule has 140 valence electrons. The van der Waals surface area contributed by atoms with Crippen molar-refractivity contribution >= 4 is 5.91 Å². The Kier molecular flexibility index (Phi) is 6.96. The van der Waals surface area contributed by atoms with Gasteiger partial charge in [0.15, 0.2) is 29.6 Å². The lowest BCUT2D eigenvalue weighted by Gasteiger charge is -2.13. The molecule has 0 fully saturated rings. The molecule has 1 N–H and O–H groups in total. The molecule has 0 atom stereocenters. The van der Waals surface area contributed by atoms with Gasteiger partial charge in [-0.3, -0.25) is 4.79 Å². The maximum absolute atomic E-state index is 12.1. The van der Waals surface area contributed by atoms with Crippen molar-refractivity contribution in [2.45, 2.75) is 6.54 Å². The second kappa shape index (κ2) is 9.41. The summed E-state index contributed by atoms with van der Waals surface area (Å²) in [4.78, 5) is 12.1. The van der Waals surface area contributed by atoms with Gasteiger partial charge in [0.1, 0.15) is 0 Å². The van der Waals surface area contributed by atoms with E-state index in [1.54, 1.807) is 38.5 Å². The van der Waals surface area contributed by atoms with Gasteiger partial charge in [-0.15, -0.1) is 0 Å². The molecular weight excluding hydrogens is 338 g/mol. The van der Waals surface area contributed by atoms with E-state index in [1.807, 2.05) is 12.1 Å². The quantitative estimate of drug-likeness (QED) is 0.739. The third-order valence-corrected chi connectivity index (χ3v) is 3.66. The number of hydrogen-bond acceptors (Lipinski definition) is 6. The molecule has 0 saturated carbocycles. The molecule has 7 nitrogen and oxygen atoms in total. The molecule has 0 aromatic heterocycles. The highest BCUT2D eigenvalue weighted by molar-refractivity contribution is 5.77. The van der Waals surface area contributed by atoms with Gasteiger partial charge in [-0.05, 0) is 29.8 Å². The smallest absolute Gasteiger partial charge is 0.258 e. The first-order valence-corrected chi connectivity index (χ1v) is 7.94. The molecule has 0 bridgehead atoms. The van der Waals surface area contributed by atoms with Gasteiger partial charge in [0.25, 0.3) is 5.91 Å². The fraction of sp³-hybridized carbons (Fsp3) is 0.316. The van der Waals surface area contributed by atoms with Gasteiger partial charge in [0.2, 0.25) is 5.75 Å². The van der Waals surface area contributed by atoms with Crippen LogP contribution in [0.15, 0.2) is 36.4 Å². The summed E-state index contributed by atoms with van der Waals surface area (Å²) in [7, 11) is 6.19. The van der Waals surface area contributed by atoms with Crippen LogP contribution in [0.1, 0.15) is 5.56 Å². The summed E-state index contributed by atoms with van der Waals surface area (Å²) < 4.78 is 26.5. The van der Waals surface area contributed by atoms with Crippen molar-refractivity contribution in [3.05, 3.63) is 42.0 Å². The number of carbonyl (C=O) groups excluding carboxylic acids is 1. The van der Waals surface area contributed by atoms with Crippen molar-refractivity contribution in [2.75, 3.05) is 35.0 Å². The Bertz CT molecular complexity index is 747. The van der Waals surface area contributed by atoms with E-state index in [9.17, 15) is 4.79 Å². The van der Waals surface area contributed by atoms with Crippen molar-refractivity contribution in [1.29, 1.82) is 0 Å². The number of methoxy groups -OCH3 is 4. The number of ether oxygens (including phenoxy) is 5. The Morgan fingerprint density at radius 1 is 0.846 bits per heavy atom. The van der Waals surface area contributed by atoms with Gasteiger partial charge in [-0.2, -0.15) is 0 Å². The fourth-order valence-corrected chi connectivity index (χ4v) is 2.36. The molecule has 26 heavy (non-hydrogen) atoms. The fourth-order valence-electron chi connectivity index (χ4n) is 2.36. The molecule has 0 spiro atoms. The topological polar surface area (TPSA) is 75.3 Å². The highest BCUT2D eigenvalue weighted by atomic mass is 16.5. The molecule has 1 amide bonds. The number of para-hydroxylation sites is 1. The van der Waals surface area contributed by atoms with E-state index in [0.717, 1.165) is 5.56 Å². The zero-order valence-corrected chi connectivity index (χ0v) is 15.3. The average molecular weight is 361 g/mol. The average Bonchev–Trinajstić information content (AvgIpc) is 2.69. The van der Waals surface area contributed by atoms with E-state index < -0.39 is 0 Å². The Labute approximate surface area is 152 Å². The van der Waals surface area contributed by atoms with Crippen LogP contribution in [0.5, 0.6) is 28.7 Å². The molecule has 2 rings (SSSR count). The van der Waals surface area contributed by atoms with Crippen LogP contribution in [0, 0.1) is 0 Å². The van der Waals surface area contributed by atoms with Crippen molar-refractivity contribution < 1.29 is 28.5 Å². The monoisotopic (exact) mass is 361 g/mol. The second-order valence-electron chi connectivity index (χ2n) is 5.25. The lowest BCUT2D eigenvalue weighted by Crippen LogP contribution is -2.28. The van der Waals surface area contributed by atoms with Crippen LogP contribution in [0.2, 0.25) is 0 Å². The molecule has 2 aromatic carbocycles. The minimum atomic E-state index is -0.260. The Hall–Kier alpha value is -3.09. The molecule has 0 aliphatic heterocycles. The number of benzene rings is 2. The largest absolute Gasteiger partial charge is 0.493 e. The zero-order chi connectivity index (χ0) is 18.9. The predicted octanol–water partition coefficient (Wildman–Crippen LogP) is 2.42. The lowest BCUT2D eigenvalue weighted by molar-refractivity contribution is -0.123. The van der Waals surface area contributed by atoms with Crippen LogP contribution < -0.4 is 29.0 Å². The predicted molar refractivity (Wildman–Crippen MR) is 96.4 cm³/mol. The Morgan fingerprint density at radius 2 is 1.54 bits per heavy atom. The minimum absolute atomic E-state index is 0.142. The molecular formula is C19H23NO6. The van der Waals surface area contributed by atoms with Crippen LogP contribution in [0.3, 0.4) is 0 Å². The minimum Gasteiger partial charge on any atom is -0.493 e. The van der Waals surface area contributed by atoms with Crippen LogP contribution in [0.25, 0.3) is 0 Å². The van der Waals surface area contributed by atoms with Gasteiger partial charge < -0.3 is 29.0 Å². The number of carbonyl (C=O) groups is 1.